The molecule has 0 radical (unpaired) electrons. The highest BCUT2D eigenvalue weighted by molar-refractivity contribution is 5.87. The van der Waals surface area contributed by atoms with E-state index >= 15 is 0 Å². The van der Waals surface area contributed by atoms with Gasteiger partial charge >= 0.3 is 5.97 Å². The first-order chi connectivity index (χ1) is 6.11. The van der Waals surface area contributed by atoms with Gasteiger partial charge in [-0.1, -0.05) is 18.2 Å². The lowest BCUT2D eigenvalue weighted by Gasteiger charge is -2.04. The summed E-state index contributed by atoms with van der Waals surface area (Å²) in [4.78, 5) is 10.9. The number of ether oxygens (including phenoxy) is 1. The topological polar surface area (TPSA) is 46.5 Å². The van der Waals surface area contributed by atoms with Crippen molar-refractivity contribution in [2.24, 2.45) is 0 Å². The zero-order valence-corrected chi connectivity index (χ0v) is 7.28. The largest absolute Gasteiger partial charge is 0.502 e. The number of hydrogen-bond donors (Lipinski definition) is 1. The molecular formula is C10H10O3. The van der Waals surface area contributed by atoms with Gasteiger partial charge in [-0.15, -0.1) is 0 Å². The average Bonchev–Trinajstić information content (AvgIpc) is 2.08. The molecule has 0 aliphatic heterocycles. The second kappa shape index (κ2) is 3.76. The lowest BCUT2D eigenvalue weighted by Crippen LogP contribution is -2.10. The minimum absolute atomic E-state index is 0.433. The molecule has 0 aliphatic carbocycles. The van der Waals surface area contributed by atoms with E-state index in [4.69, 9.17) is 9.84 Å². The second-order valence-electron chi connectivity index (χ2n) is 2.60. The summed E-state index contributed by atoms with van der Waals surface area (Å²) in [7, 11) is 0. The fraction of sp³-hybridized carbons (Fsp3) is 0.100. The first-order valence-electron chi connectivity index (χ1n) is 3.77. The van der Waals surface area contributed by atoms with E-state index in [1.54, 1.807) is 12.1 Å². The molecule has 0 unspecified atom stereocenters. The van der Waals surface area contributed by atoms with E-state index in [9.17, 15) is 4.79 Å². The van der Waals surface area contributed by atoms with Crippen LogP contribution in [0.3, 0.4) is 0 Å². The van der Waals surface area contributed by atoms with Crippen molar-refractivity contribution in [1.82, 2.24) is 0 Å². The Hall–Kier alpha value is -1.77. The van der Waals surface area contributed by atoms with Gasteiger partial charge in [-0.3, -0.25) is 0 Å². The third-order valence-electron chi connectivity index (χ3n) is 1.53. The van der Waals surface area contributed by atoms with Crippen LogP contribution in [0.4, 0.5) is 0 Å². The smallest absolute Gasteiger partial charge is 0.378 e. The molecule has 0 saturated carbocycles. The molecule has 1 aromatic rings. The van der Waals surface area contributed by atoms with Gasteiger partial charge in [0.2, 0.25) is 0 Å². The maximum absolute atomic E-state index is 10.9. The molecule has 68 valence electrons. The molecule has 13 heavy (non-hydrogen) atoms. The van der Waals surface area contributed by atoms with E-state index in [-0.39, 0.29) is 0 Å². The van der Waals surface area contributed by atoms with Crippen LogP contribution >= 0.6 is 0 Å². The molecule has 0 spiro atoms. The van der Waals surface area contributed by atoms with Gasteiger partial charge in [-0.2, -0.15) is 0 Å². The monoisotopic (exact) mass is 178 g/mol. The number of aryl methyl sites for hydroxylation is 1. The van der Waals surface area contributed by atoms with Gasteiger partial charge in [0.05, 0.1) is 0 Å². The predicted molar refractivity (Wildman–Crippen MR) is 48.6 cm³/mol. The summed E-state index contributed by atoms with van der Waals surface area (Å²) >= 11 is 0. The zero-order valence-electron chi connectivity index (χ0n) is 7.28. The molecule has 1 rings (SSSR count). The molecule has 1 aromatic carbocycles. The van der Waals surface area contributed by atoms with E-state index in [0.717, 1.165) is 5.56 Å². The Morgan fingerprint density at radius 1 is 1.46 bits per heavy atom. The number of carbonyl (C=O) groups excluding carboxylic acids is 1. The normalized spacial score (nSPS) is 9.31. The van der Waals surface area contributed by atoms with Crippen LogP contribution in [0.5, 0.6) is 5.75 Å². The molecule has 3 nitrogen and oxygen atoms in total. The molecule has 0 aromatic heterocycles. The highest BCUT2D eigenvalue weighted by atomic mass is 16.5. The summed E-state index contributed by atoms with van der Waals surface area (Å²) in [5, 5.41) is 8.70. The van der Waals surface area contributed by atoms with E-state index in [0.29, 0.717) is 5.75 Å². The van der Waals surface area contributed by atoms with Gasteiger partial charge in [-0.05, 0) is 25.1 Å². The van der Waals surface area contributed by atoms with E-state index < -0.39 is 11.7 Å². The Morgan fingerprint density at radius 2 is 2.08 bits per heavy atom. The summed E-state index contributed by atoms with van der Waals surface area (Å²) in [6, 6.07) is 7.04. The Balaban J connectivity index is 2.81. The number of benzene rings is 1. The standard InChI is InChI=1S/C10H10O3/c1-7-5-3-4-6-9(7)13-10(12)8(2)11/h3-6,11H,2H2,1H3. The SMILES string of the molecule is C=C(O)C(=O)Oc1ccccc1C. The lowest BCUT2D eigenvalue weighted by atomic mass is 10.2. The first kappa shape index (κ1) is 9.32. The van der Waals surface area contributed by atoms with Crippen molar-refractivity contribution < 1.29 is 14.6 Å². The fourth-order valence-electron chi connectivity index (χ4n) is 0.830. The highest BCUT2D eigenvalue weighted by Gasteiger charge is 2.08. The molecule has 3 heteroatoms. The van der Waals surface area contributed by atoms with E-state index in [2.05, 4.69) is 6.58 Å². The molecule has 0 atom stereocenters. The Kier molecular flexibility index (Phi) is 2.69. The van der Waals surface area contributed by atoms with E-state index in [1.807, 2.05) is 19.1 Å². The van der Waals surface area contributed by atoms with Crippen LogP contribution in [0.1, 0.15) is 5.56 Å². The van der Waals surface area contributed by atoms with Gasteiger partial charge in [-0.25, -0.2) is 4.79 Å². The van der Waals surface area contributed by atoms with Crippen LogP contribution in [0, 0.1) is 6.92 Å². The molecule has 0 saturated heterocycles. The summed E-state index contributed by atoms with van der Waals surface area (Å²) in [5.41, 5.74) is 0.831. The van der Waals surface area contributed by atoms with Crippen LogP contribution in [0.15, 0.2) is 36.6 Å². The van der Waals surface area contributed by atoms with Crippen LogP contribution in [0.2, 0.25) is 0 Å². The molecule has 0 heterocycles. The van der Waals surface area contributed by atoms with Gasteiger partial charge in [0.1, 0.15) is 5.75 Å². The molecule has 0 fully saturated rings. The van der Waals surface area contributed by atoms with Gasteiger partial charge in [0.25, 0.3) is 0 Å². The van der Waals surface area contributed by atoms with E-state index in [1.165, 1.54) is 0 Å². The van der Waals surface area contributed by atoms with Crippen LogP contribution in [-0.2, 0) is 4.79 Å². The summed E-state index contributed by atoms with van der Waals surface area (Å²) in [5.74, 6) is -0.986. The summed E-state index contributed by atoms with van der Waals surface area (Å²) in [6.07, 6.45) is 0. The van der Waals surface area contributed by atoms with Crippen molar-refractivity contribution in [1.29, 1.82) is 0 Å². The third kappa shape index (κ3) is 2.33. The van der Waals surface area contributed by atoms with Gasteiger partial charge < -0.3 is 9.84 Å². The number of para-hydroxylation sites is 1. The average molecular weight is 178 g/mol. The second-order valence-corrected chi connectivity index (χ2v) is 2.60. The maximum atomic E-state index is 10.9. The van der Waals surface area contributed by atoms with Crippen molar-refractivity contribution in [3.63, 3.8) is 0 Å². The predicted octanol–water partition coefficient (Wildman–Crippen LogP) is 1.97. The van der Waals surface area contributed by atoms with Crippen molar-refractivity contribution in [2.75, 3.05) is 0 Å². The maximum Gasteiger partial charge on any atom is 0.378 e. The molecule has 0 amide bonds. The Labute approximate surface area is 76.3 Å². The molecule has 0 aliphatic rings. The van der Waals surface area contributed by atoms with Crippen molar-refractivity contribution in [3.8, 4) is 5.75 Å². The number of aliphatic hydroxyl groups is 1. The Morgan fingerprint density at radius 3 is 2.62 bits per heavy atom. The van der Waals surface area contributed by atoms with Gasteiger partial charge in [0, 0.05) is 0 Å². The number of rotatable bonds is 2. The number of carbonyl (C=O) groups is 1. The Bertz CT molecular complexity index is 342. The number of esters is 1. The minimum atomic E-state index is -0.825. The summed E-state index contributed by atoms with van der Waals surface area (Å²) in [6.45, 7) is 4.87. The molecule has 1 N–H and O–H groups in total. The number of hydrogen-bond acceptors (Lipinski definition) is 3. The summed E-state index contributed by atoms with van der Waals surface area (Å²) < 4.78 is 4.82. The van der Waals surface area contributed by atoms with Crippen LogP contribution in [0.25, 0.3) is 0 Å². The number of aliphatic hydroxyl groups excluding tert-OH is 1. The fourth-order valence-corrected chi connectivity index (χ4v) is 0.830. The minimum Gasteiger partial charge on any atom is -0.502 e. The highest BCUT2D eigenvalue weighted by Crippen LogP contribution is 2.16. The van der Waals surface area contributed by atoms with Crippen molar-refractivity contribution in [3.05, 3.63) is 42.2 Å². The van der Waals surface area contributed by atoms with Gasteiger partial charge in [0.15, 0.2) is 5.76 Å². The van der Waals surface area contributed by atoms with Crippen LogP contribution < -0.4 is 4.74 Å². The molecular weight excluding hydrogens is 168 g/mol. The molecule has 0 bridgehead atoms. The van der Waals surface area contributed by atoms with Crippen LogP contribution in [-0.4, -0.2) is 11.1 Å². The van der Waals surface area contributed by atoms with Crippen molar-refractivity contribution >= 4 is 5.97 Å². The first-order valence-corrected chi connectivity index (χ1v) is 3.77. The quantitative estimate of drug-likeness (QED) is 0.326. The third-order valence-corrected chi connectivity index (χ3v) is 1.53. The lowest BCUT2D eigenvalue weighted by molar-refractivity contribution is -0.132. The zero-order chi connectivity index (χ0) is 9.84. The van der Waals surface area contributed by atoms with Crippen molar-refractivity contribution in [2.45, 2.75) is 6.92 Å².